The molecule has 2 aromatic carbocycles. The first-order chi connectivity index (χ1) is 13.2. The van der Waals surface area contributed by atoms with Gasteiger partial charge in [0.15, 0.2) is 0 Å². The van der Waals surface area contributed by atoms with E-state index < -0.39 is 0 Å². The van der Waals surface area contributed by atoms with E-state index in [9.17, 15) is 0 Å². The van der Waals surface area contributed by atoms with Crippen LogP contribution in [0.3, 0.4) is 0 Å². The summed E-state index contributed by atoms with van der Waals surface area (Å²) in [5, 5.41) is 0. The van der Waals surface area contributed by atoms with Gasteiger partial charge in [0.1, 0.15) is 0 Å². The topological polar surface area (TPSA) is 15.7 Å². The summed E-state index contributed by atoms with van der Waals surface area (Å²) in [7, 11) is 0. The van der Waals surface area contributed by atoms with Crippen molar-refractivity contribution in [1.82, 2.24) is 4.90 Å². The normalized spacial score (nSPS) is 27.2. The molecule has 2 aromatic rings. The Hall–Kier alpha value is -1.84. The van der Waals surface area contributed by atoms with Gasteiger partial charge in [-0.3, -0.25) is 0 Å². The fourth-order valence-electron chi connectivity index (χ4n) is 5.02. The Morgan fingerprint density at radius 3 is 2.22 bits per heavy atom. The van der Waals surface area contributed by atoms with E-state index in [1.165, 1.54) is 43.5 Å². The van der Waals surface area contributed by atoms with Crippen LogP contribution in [0.1, 0.15) is 31.2 Å². The summed E-state index contributed by atoms with van der Waals surface area (Å²) in [5.41, 5.74) is 2.91. The van der Waals surface area contributed by atoms with Crippen LogP contribution in [0.4, 0.5) is 5.69 Å². The zero-order chi connectivity index (χ0) is 18.2. The molecule has 0 N–H and O–H groups in total. The molecule has 0 amide bonds. The number of ether oxygens (including phenoxy) is 1. The number of hydrogen-bond acceptors (Lipinski definition) is 3. The Morgan fingerprint density at radius 2 is 1.48 bits per heavy atom. The smallest absolute Gasteiger partial charge is 0.0991 e. The molecule has 0 aromatic heterocycles. The number of nitrogens with zero attached hydrogens (tertiary/aromatic N) is 2. The molecule has 1 saturated carbocycles. The molecule has 5 rings (SSSR count). The molecule has 2 heterocycles. The van der Waals surface area contributed by atoms with E-state index in [-0.39, 0.29) is 11.2 Å². The predicted octanol–water partition coefficient (Wildman–Crippen LogP) is 4.13. The van der Waals surface area contributed by atoms with E-state index in [2.05, 4.69) is 70.5 Å². The number of likely N-dealkylation sites (tertiary alicyclic amines) is 1. The third-order valence-corrected chi connectivity index (χ3v) is 6.50. The summed E-state index contributed by atoms with van der Waals surface area (Å²) < 4.78 is 6.86. The van der Waals surface area contributed by atoms with Crippen LogP contribution in [0.5, 0.6) is 0 Å². The van der Waals surface area contributed by atoms with E-state index in [1.807, 2.05) is 0 Å². The van der Waals surface area contributed by atoms with E-state index >= 15 is 0 Å². The second-order valence-corrected chi connectivity index (χ2v) is 8.77. The number of rotatable bonds is 4. The highest BCUT2D eigenvalue weighted by Crippen LogP contribution is 2.49. The molecule has 0 radical (unpaired) electrons. The molecule has 2 aliphatic heterocycles. The molecule has 3 heteroatoms. The standard InChI is InChI=1S/C24H30N2O/c1-3-8-21(9-4-1)12-17-25-16-7-13-24(18-25)20-26(19-23(27-24)14-15-23)22-10-5-2-6-11-22/h1-6,8-11H,7,12-20H2. The molecule has 142 valence electrons. The number of hydrogen-bond donors (Lipinski definition) is 0. The Labute approximate surface area is 162 Å². The molecule has 3 aliphatic rings. The fourth-order valence-corrected chi connectivity index (χ4v) is 5.02. The molecule has 27 heavy (non-hydrogen) atoms. The second-order valence-electron chi connectivity index (χ2n) is 8.77. The first-order valence-corrected chi connectivity index (χ1v) is 10.5. The van der Waals surface area contributed by atoms with E-state index in [1.54, 1.807) is 0 Å². The van der Waals surface area contributed by atoms with Crippen molar-refractivity contribution in [2.24, 2.45) is 0 Å². The highest BCUT2D eigenvalue weighted by molar-refractivity contribution is 5.48. The van der Waals surface area contributed by atoms with Gasteiger partial charge in [-0.15, -0.1) is 0 Å². The Balaban J connectivity index is 1.30. The van der Waals surface area contributed by atoms with Crippen molar-refractivity contribution in [3.05, 3.63) is 66.2 Å². The summed E-state index contributed by atoms with van der Waals surface area (Å²) in [5.74, 6) is 0. The van der Waals surface area contributed by atoms with Gasteiger partial charge in [-0.1, -0.05) is 48.5 Å². The molecular weight excluding hydrogens is 332 g/mol. The van der Waals surface area contributed by atoms with Crippen molar-refractivity contribution in [2.75, 3.05) is 37.6 Å². The van der Waals surface area contributed by atoms with Crippen molar-refractivity contribution in [2.45, 2.75) is 43.3 Å². The molecule has 1 unspecified atom stereocenters. The van der Waals surface area contributed by atoms with Gasteiger partial charge in [0.2, 0.25) is 0 Å². The van der Waals surface area contributed by atoms with Crippen LogP contribution in [-0.2, 0) is 11.2 Å². The second kappa shape index (κ2) is 6.96. The zero-order valence-electron chi connectivity index (χ0n) is 16.1. The highest BCUT2D eigenvalue weighted by atomic mass is 16.5. The molecule has 3 nitrogen and oxygen atoms in total. The third-order valence-electron chi connectivity index (χ3n) is 6.50. The number of piperidine rings is 1. The maximum Gasteiger partial charge on any atom is 0.0991 e. The average Bonchev–Trinajstić information content (AvgIpc) is 3.45. The van der Waals surface area contributed by atoms with Gasteiger partial charge in [-0.2, -0.15) is 0 Å². The van der Waals surface area contributed by atoms with Crippen LogP contribution in [0.15, 0.2) is 60.7 Å². The highest BCUT2D eigenvalue weighted by Gasteiger charge is 2.56. The molecule has 1 atom stereocenters. The minimum Gasteiger partial charge on any atom is -0.366 e. The first kappa shape index (κ1) is 17.3. The molecule has 2 spiro atoms. The van der Waals surface area contributed by atoms with Gasteiger partial charge in [0.05, 0.1) is 11.2 Å². The predicted molar refractivity (Wildman–Crippen MR) is 110 cm³/mol. The Bertz CT molecular complexity index is 758. The molecule has 3 fully saturated rings. The molecular formula is C24H30N2O. The van der Waals surface area contributed by atoms with Crippen LogP contribution in [0.2, 0.25) is 0 Å². The van der Waals surface area contributed by atoms with Gasteiger partial charge < -0.3 is 14.5 Å². The number of para-hydroxylation sites is 1. The summed E-state index contributed by atoms with van der Waals surface area (Å²) in [6.07, 6.45) is 6.02. The molecule has 1 aliphatic carbocycles. The number of anilines is 1. The Kier molecular flexibility index (Phi) is 4.45. The molecule has 2 saturated heterocycles. The van der Waals surface area contributed by atoms with Gasteiger partial charge in [0, 0.05) is 31.9 Å². The van der Waals surface area contributed by atoms with Crippen LogP contribution in [0, 0.1) is 0 Å². The number of morpholine rings is 1. The lowest BCUT2D eigenvalue weighted by Crippen LogP contribution is -2.63. The zero-order valence-corrected chi connectivity index (χ0v) is 16.1. The quantitative estimate of drug-likeness (QED) is 0.813. The summed E-state index contributed by atoms with van der Waals surface area (Å²) >= 11 is 0. The maximum atomic E-state index is 6.86. The molecule has 0 bridgehead atoms. The van der Waals surface area contributed by atoms with Crippen molar-refractivity contribution in [1.29, 1.82) is 0 Å². The van der Waals surface area contributed by atoms with Gasteiger partial charge in [-0.05, 0) is 56.3 Å². The van der Waals surface area contributed by atoms with Crippen LogP contribution < -0.4 is 4.90 Å². The van der Waals surface area contributed by atoms with Crippen molar-refractivity contribution >= 4 is 5.69 Å². The fraction of sp³-hybridized carbons (Fsp3) is 0.500. The monoisotopic (exact) mass is 362 g/mol. The summed E-state index contributed by atoms with van der Waals surface area (Å²) in [6, 6.07) is 21.8. The summed E-state index contributed by atoms with van der Waals surface area (Å²) in [4.78, 5) is 5.23. The van der Waals surface area contributed by atoms with Crippen LogP contribution in [0.25, 0.3) is 0 Å². The minimum absolute atomic E-state index is 0.000467. The third kappa shape index (κ3) is 3.76. The van der Waals surface area contributed by atoms with Gasteiger partial charge in [-0.25, -0.2) is 0 Å². The average molecular weight is 363 g/mol. The van der Waals surface area contributed by atoms with Crippen LogP contribution in [-0.4, -0.2) is 48.8 Å². The van der Waals surface area contributed by atoms with Crippen molar-refractivity contribution in [3.8, 4) is 0 Å². The summed E-state index contributed by atoms with van der Waals surface area (Å²) in [6.45, 7) is 5.50. The lowest BCUT2D eigenvalue weighted by Gasteiger charge is -2.52. The van der Waals surface area contributed by atoms with Gasteiger partial charge >= 0.3 is 0 Å². The van der Waals surface area contributed by atoms with E-state index in [0.29, 0.717) is 0 Å². The minimum atomic E-state index is -0.000467. The van der Waals surface area contributed by atoms with Crippen LogP contribution >= 0.6 is 0 Å². The Morgan fingerprint density at radius 1 is 0.778 bits per heavy atom. The van der Waals surface area contributed by atoms with Crippen molar-refractivity contribution in [3.63, 3.8) is 0 Å². The number of benzene rings is 2. The lowest BCUT2D eigenvalue weighted by atomic mass is 9.89. The van der Waals surface area contributed by atoms with Gasteiger partial charge in [0.25, 0.3) is 0 Å². The van der Waals surface area contributed by atoms with E-state index in [0.717, 1.165) is 32.6 Å². The largest absolute Gasteiger partial charge is 0.366 e. The first-order valence-electron chi connectivity index (χ1n) is 10.5. The lowest BCUT2D eigenvalue weighted by molar-refractivity contribution is -0.149. The van der Waals surface area contributed by atoms with Crippen molar-refractivity contribution < 1.29 is 4.74 Å². The maximum absolute atomic E-state index is 6.86. The SMILES string of the molecule is c1ccc(CCN2CCCC3(C2)CN(c2ccccc2)CC2(CC2)O3)cc1. The van der Waals surface area contributed by atoms with E-state index in [4.69, 9.17) is 4.74 Å².